The van der Waals surface area contributed by atoms with Gasteiger partial charge in [-0.2, -0.15) is 13.2 Å². The molecule has 1 atom stereocenters. The number of nitrogens with zero attached hydrogens (tertiary/aromatic N) is 1. The predicted octanol–water partition coefficient (Wildman–Crippen LogP) is 4.98. The van der Waals surface area contributed by atoms with Gasteiger partial charge in [0.25, 0.3) is 0 Å². The van der Waals surface area contributed by atoms with Crippen molar-refractivity contribution in [3.8, 4) is 0 Å². The van der Waals surface area contributed by atoms with Crippen LogP contribution < -0.4 is 5.32 Å². The number of alkyl halides is 3. The number of hydrogen-bond acceptors (Lipinski definition) is 3. The molecule has 6 heteroatoms. The van der Waals surface area contributed by atoms with Crippen LogP contribution in [0.15, 0.2) is 84.3 Å². The molecule has 148 valence electrons. The van der Waals surface area contributed by atoms with Gasteiger partial charge in [-0.05, 0) is 30.2 Å². The lowest BCUT2D eigenvalue weighted by atomic mass is 10.1. The summed E-state index contributed by atoms with van der Waals surface area (Å²) in [7, 11) is 0. The van der Waals surface area contributed by atoms with E-state index in [4.69, 9.17) is 4.74 Å². The van der Waals surface area contributed by atoms with E-state index in [1.807, 2.05) is 60.7 Å². The van der Waals surface area contributed by atoms with Crippen molar-refractivity contribution in [2.75, 3.05) is 6.61 Å². The third-order valence-electron chi connectivity index (χ3n) is 4.41. The largest absolute Gasteiger partial charge is 0.479 e. The van der Waals surface area contributed by atoms with E-state index in [0.29, 0.717) is 13.1 Å². The standard InChI is InChI=1S/C22H23F3N2O/c1-2-28-21-19(22(23,24)25)13-14-20(26-15-17-9-5-3-6-10-17)27(21)16-18-11-7-4-8-12-18/h3-14,20,26H,2,15-16H2,1H3. The highest BCUT2D eigenvalue weighted by molar-refractivity contribution is 5.33. The van der Waals surface area contributed by atoms with E-state index in [2.05, 4.69) is 5.32 Å². The van der Waals surface area contributed by atoms with Crippen LogP contribution in [0.3, 0.4) is 0 Å². The number of halogens is 3. The Hall–Kier alpha value is -2.73. The van der Waals surface area contributed by atoms with Crippen LogP contribution in [0.2, 0.25) is 0 Å². The van der Waals surface area contributed by atoms with Crippen molar-refractivity contribution in [1.82, 2.24) is 10.2 Å². The van der Waals surface area contributed by atoms with Gasteiger partial charge in [0.1, 0.15) is 11.7 Å². The highest BCUT2D eigenvalue weighted by Crippen LogP contribution is 2.35. The van der Waals surface area contributed by atoms with Gasteiger partial charge in [-0.3, -0.25) is 5.32 Å². The highest BCUT2D eigenvalue weighted by Gasteiger charge is 2.40. The van der Waals surface area contributed by atoms with Crippen LogP contribution >= 0.6 is 0 Å². The molecular formula is C22H23F3N2O. The van der Waals surface area contributed by atoms with E-state index in [-0.39, 0.29) is 12.5 Å². The minimum Gasteiger partial charge on any atom is -0.479 e. The summed E-state index contributed by atoms with van der Waals surface area (Å²) in [6, 6.07) is 19.1. The molecule has 3 nitrogen and oxygen atoms in total. The molecule has 0 bridgehead atoms. The van der Waals surface area contributed by atoms with E-state index in [1.54, 1.807) is 11.8 Å². The maximum Gasteiger partial charge on any atom is 0.421 e. The minimum atomic E-state index is -4.49. The molecule has 0 aromatic heterocycles. The van der Waals surface area contributed by atoms with Crippen LogP contribution in [0.5, 0.6) is 0 Å². The van der Waals surface area contributed by atoms with Crippen LogP contribution in [0.25, 0.3) is 0 Å². The fraction of sp³-hybridized carbons (Fsp3) is 0.273. The number of ether oxygens (including phenoxy) is 1. The number of allylic oxidation sites excluding steroid dienone is 2. The van der Waals surface area contributed by atoms with E-state index in [9.17, 15) is 13.2 Å². The summed E-state index contributed by atoms with van der Waals surface area (Å²) >= 11 is 0. The van der Waals surface area contributed by atoms with Crippen molar-refractivity contribution >= 4 is 0 Å². The lowest BCUT2D eigenvalue weighted by Gasteiger charge is -2.37. The van der Waals surface area contributed by atoms with Gasteiger partial charge in [0.05, 0.1) is 6.61 Å². The molecule has 0 radical (unpaired) electrons. The fourth-order valence-electron chi connectivity index (χ4n) is 3.10. The van der Waals surface area contributed by atoms with Gasteiger partial charge in [0.15, 0.2) is 0 Å². The summed E-state index contributed by atoms with van der Waals surface area (Å²) in [4.78, 5) is 1.63. The average Bonchev–Trinajstić information content (AvgIpc) is 2.69. The van der Waals surface area contributed by atoms with Crippen molar-refractivity contribution in [3.05, 3.63) is 95.4 Å². The fourth-order valence-corrected chi connectivity index (χ4v) is 3.10. The van der Waals surface area contributed by atoms with Crippen molar-refractivity contribution in [2.24, 2.45) is 0 Å². The first-order chi connectivity index (χ1) is 13.5. The van der Waals surface area contributed by atoms with Crippen molar-refractivity contribution in [1.29, 1.82) is 0 Å². The molecule has 0 amide bonds. The average molecular weight is 388 g/mol. The lowest BCUT2D eigenvalue weighted by Crippen LogP contribution is -2.46. The molecule has 1 aliphatic rings. The van der Waals surface area contributed by atoms with Crippen molar-refractivity contribution in [3.63, 3.8) is 0 Å². The van der Waals surface area contributed by atoms with Gasteiger partial charge in [0, 0.05) is 13.1 Å². The second-order valence-corrected chi connectivity index (χ2v) is 6.43. The Labute approximate surface area is 163 Å². The zero-order chi connectivity index (χ0) is 20.0. The normalized spacial score (nSPS) is 17.1. The lowest BCUT2D eigenvalue weighted by molar-refractivity contribution is -0.0968. The van der Waals surface area contributed by atoms with Gasteiger partial charge in [-0.1, -0.05) is 60.7 Å². The Balaban J connectivity index is 1.89. The van der Waals surface area contributed by atoms with Gasteiger partial charge in [0.2, 0.25) is 5.88 Å². The van der Waals surface area contributed by atoms with Crippen LogP contribution in [0, 0.1) is 0 Å². The Morgan fingerprint density at radius 1 is 0.964 bits per heavy atom. The van der Waals surface area contributed by atoms with Gasteiger partial charge in [-0.15, -0.1) is 0 Å². The summed E-state index contributed by atoms with van der Waals surface area (Å²) in [6.07, 6.45) is -2.26. The second-order valence-electron chi connectivity index (χ2n) is 6.43. The maximum atomic E-state index is 13.6. The third kappa shape index (κ3) is 4.95. The second kappa shape index (κ2) is 8.97. The first kappa shape index (κ1) is 20.0. The molecule has 0 spiro atoms. The summed E-state index contributed by atoms with van der Waals surface area (Å²) in [5.41, 5.74) is 1.20. The van der Waals surface area contributed by atoms with E-state index >= 15 is 0 Å². The molecule has 1 unspecified atom stereocenters. The molecule has 1 heterocycles. The third-order valence-corrected chi connectivity index (χ3v) is 4.41. The van der Waals surface area contributed by atoms with E-state index in [1.165, 1.54) is 6.08 Å². The molecule has 0 saturated heterocycles. The Morgan fingerprint density at radius 2 is 1.57 bits per heavy atom. The minimum absolute atomic E-state index is 0.146. The molecule has 0 fully saturated rings. The van der Waals surface area contributed by atoms with E-state index in [0.717, 1.165) is 17.2 Å². The Morgan fingerprint density at radius 3 is 2.14 bits per heavy atom. The van der Waals surface area contributed by atoms with E-state index < -0.39 is 17.9 Å². The summed E-state index contributed by atoms with van der Waals surface area (Å²) in [5.74, 6) is -0.146. The van der Waals surface area contributed by atoms with Crippen molar-refractivity contribution < 1.29 is 17.9 Å². The van der Waals surface area contributed by atoms with Crippen LogP contribution in [-0.2, 0) is 17.8 Å². The van der Waals surface area contributed by atoms with Crippen LogP contribution in [0.1, 0.15) is 18.1 Å². The van der Waals surface area contributed by atoms with Gasteiger partial charge >= 0.3 is 6.18 Å². The molecule has 2 aromatic rings. The molecular weight excluding hydrogens is 365 g/mol. The Bertz CT molecular complexity index is 817. The van der Waals surface area contributed by atoms with Crippen LogP contribution in [0.4, 0.5) is 13.2 Å². The zero-order valence-electron chi connectivity index (χ0n) is 15.6. The zero-order valence-corrected chi connectivity index (χ0v) is 15.6. The monoisotopic (exact) mass is 388 g/mol. The SMILES string of the molecule is CCOC1=C(C(F)(F)F)C=CC(NCc2ccccc2)N1Cc1ccccc1. The summed E-state index contributed by atoms with van der Waals surface area (Å²) in [5, 5.41) is 3.33. The molecule has 2 aromatic carbocycles. The summed E-state index contributed by atoms with van der Waals surface area (Å²) in [6.45, 7) is 2.67. The van der Waals surface area contributed by atoms with Gasteiger partial charge < -0.3 is 9.64 Å². The molecule has 0 aliphatic carbocycles. The van der Waals surface area contributed by atoms with Crippen LogP contribution in [-0.4, -0.2) is 23.8 Å². The maximum absolute atomic E-state index is 13.6. The topological polar surface area (TPSA) is 24.5 Å². The molecule has 0 saturated carbocycles. The first-order valence-corrected chi connectivity index (χ1v) is 9.19. The number of hydrogen-bond donors (Lipinski definition) is 1. The predicted molar refractivity (Wildman–Crippen MR) is 103 cm³/mol. The molecule has 3 rings (SSSR count). The molecule has 28 heavy (non-hydrogen) atoms. The van der Waals surface area contributed by atoms with Gasteiger partial charge in [-0.25, -0.2) is 0 Å². The molecule has 1 aliphatic heterocycles. The number of benzene rings is 2. The smallest absolute Gasteiger partial charge is 0.421 e. The highest BCUT2D eigenvalue weighted by atomic mass is 19.4. The first-order valence-electron chi connectivity index (χ1n) is 9.19. The molecule has 1 N–H and O–H groups in total. The quantitative estimate of drug-likeness (QED) is 0.724. The Kier molecular flexibility index (Phi) is 6.41. The number of rotatable bonds is 7. The summed E-state index contributed by atoms with van der Waals surface area (Å²) < 4.78 is 46.2. The van der Waals surface area contributed by atoms with Crippen molar-refractivity contribution in [2.45, 2.75) is 32.4 Å². The number of nitrogens with one attached hydrogen (secondary N) is 1.